The van der Waals surface area contributed by atoms with E-state index >= 15 is 0 Å². The molecule has 1 aromatic rings. The number of nitrogens with zero attached hydrogens (tertiary/aromatic N) is 2. The topological polar surface area (TPSA) is 77.9 Å². The van der Waals surface area contributed by atoms with Crippen molar-refractivity contribution in [3.05, 3.63) is 22.8 Å². The van der Waals surface area contributed by atoms with Crippen molar-refractivity contribution in [3.8, 4) is 0 Å². The summed E-state index contributed by atoms with van der Waals surface area (Å²) in [6, 6.07) is 3.39. The van der Waals surface area contributed by atoms with Gasteiger partial charge in [-0.3, -0.25) is 9.59 Å². The van der Waals surface area contributed by atoms with E-state index in [-0.39, 0.29) is 0 Å². The third-order valence-corrected chi connectivity index (χ3v) is 2.74. The van der Waals surface area contributed by atoms with E-state index in [1.165, 1.54) is 20.1 Å². The van der Waals surface area contributed by atoms with Gasteiger partial charge >= 0.3 is 11.9 Å². The average Bonchev–Trinajstić information content (AvgIpc) is 2.29. The molecular formula is C12H11BrN2O4. The fourth-order valence-corrected chi connectivity index (χ4v) is 1.68. The van der Waals surface area contributed by atoms with Gasteiger partial charge in [0, 0.05) is 30.7 Å². The Balaban J connectivity index is 2.12. The van der Waals surface area contributed by atoms with Crippen LogP contribution in [-0.4, -0.2) is 28.9 Å². The first-order valence-corrected chi connectivity index (χ1v) is 6.28. The SMILES string of the molecule is CC1(C)OC(=O)C(/C=N/c2ccc(Br)cn2)C(=O)O1. The Morgan fingerprint density at radius 2 is 1.95 bits per heavy atom. The van der Waals surface area contributed by atoms with Gasteiger partial charge in [0.2, 0.25) is 0 Å². The number of esters is 2. The molecule has 1 aliphatic rings. The van der Waals surface area contributed by atoms with Crippen molar-refractivity contribution in [2.24, 2.45) is 10.9 Å². The molecule has 0 aliphatic carbocycles. The Labute approximate surface area is 118 Å². The molecule has 2 rings (SSSR count). The zero-order chi connectivity index (χ0) is 14.0. The molecule has 0 N–H and O–H groups in total. The van der Waals surface area contributed by atoms with Crippen LogP contribution >= 0.6 is 15.9 Å². The molecule has 7 heteroatoms. The van der Waals surface area contributed by atoms with E-state index in [2.05, 4.69) is 25.9 Å². The molecule has 0 amide bonds. The van der Waals surface area contributed by atoms with Gasteiger partial charge in [0.1, 0.15) is 0 Å². The molecule has 1 saturated heterocycles. The lowest BCUT2D eigenvalue weighted by atomic mass is 10.1. The van der Waals surface area contributed by atoms with Crippen LogP contribution in [0.5, 0.6) is 0 Å². The second kappa shape index (κ2) is 5.08. The summed E-state index contributed by atoms with van der Waals surface area (Å²) in [6.45, 7) is 2.99. The van der Waals surface area contributed by atoms with Crippen LogP contribution < -0.4 is 0 Å². The molecule has 0 spiro atoms. The number of ether oxygens (including phenoxy) is 2. The second-order valence-electron chi connectivity index (χ2n) is 4.33. The van der Waals surface area contributed by atoms with Gasteiger partial charge in [0.15, 0.2) is 11.7 Å². The van der Waals surface area contributed by atoms with Gasteiger partial charge in [-0.05, 0) is 28.1 Å². The number of rotatable bonds is 2. The highest BCUT2D eigenvalue weighted by molar-refractivity contribution is 9.10. The monoisotopic (exact) mass is 326 g/mol. The lowest BCUT2D eigenvalue weighted by Crippen LogP contribution is -2.46. The number of hydrogen-bond donors (Lipinski definition) is 0. The molecule has 100 valence electrons. The predicted molar refractivity (Wildman–Crippen MR) is 69.8 cm³/mol. The van der Waals surface area contributed by atoms with E-state index in [1.807, 2.05) is 0 Å². The quantitative estimate of drug-likeness (QED) is 0.472. The molecule has 1 fully saturated rings. The molecule has 1 aliphatic heterocycles. The molecule has 0 unspecified atom stereocenters. The maximum Gasteiger partial charge on any atom is 0.329 e. The number of aromatic nitrogens is 1. The summed E-state index contributed by atoms with van der Waals surface area (Å²) in [5.74, 6) is -3.36. The number of hydrogen-bond acceptors (Lipinski definition) is 6. The van der Waals surface area contributed by atoms with E-state index in [0.29, 0.717) is 5.82 Å². The fraction of sp³-hybridized carbons (Fsp3) is 0.333. The molecule has 0 radical (unpaired) electrons. The largest absolute Gasteiger partial charge is 0.422 e. The van der Waals surface area contributed by atoms with Gasteiger partial charge in [-0.15, -0.1) is 0 Å². The van der Waals surface area contributed by atoms with E-state index in [9.17, 15) is 9.59 Å². The van der Waals surface area contributed by atoms with Crippen molar-refractivity contribution in [1.82, 2.24) is 4.98 Å². The van der Waals surface area contributed by atoms with E-state index in [1.54, 1.807) is 18.3 Å². The standard InChI is InChI=1S/C12H11BrN2O4/c1-12(2)18-10(16)8(11(17)19-12)6-15-9-4-3-7(13)5-14-9/h3-6,8H,1-2H3/b15-6+. The molecule has 6 nitrogen and oxygen atoms in total. The summed E-state index contributed by atoms with van der Waals surface area (Å²) in [6.07, 6.45) is 2.74. The first-order chi connectivity index (χ1) is 8.87. The number of carbonyl (C=O) groups is 2. The van der Waals surface area contributed by atoms with Crippen molar-refractivity contribution < 1.29 is 19.1 Å². The van der Waals surface area contributed by atoms with Crippen LogP contribution in [0.2, 0.25) is 0 Å². The molecule has 2 heterocycles. The smallest absolute Gasteiger partial charge is 0.329 e. The molecular weight excluding hydrogens is 316 g/mol. The molecule has 19 heavy (non-hydrogen) atoms. The van der Waals surface area contributed by atoms with Crippen molar-refractivity contribution in [1.29, 1.82) is 0 Å². The zero-order valence-electron chi connectivity index (χ0n) is 10.3. The first kappa shape index (κ1) is 13.7. The van der Waals surface area contributed by atoms with Crippen LogP contribution in [0.4, 0.5) is 5.82 Å². The summed E-state index contributed by atoms with van der Waals surface area (Å²) in [4.78, 5) is 31.3. The third kappa shape index (κ3) is 3.37. The number of aliphatic imine (C=N–C) groups is 1. The minimum Gasteiger partial charge on any atom is -0.422 e. The van der Waals surface area contributed by atoms with Gasteiger partial charge in [0.25, 0.3) is 5.79 Å². The highest BCUT2D eigenvalue weighted by Crippen LogP contribution is 2.22. The lowest BCUT2D eigenvalue weighted by Gasteiger charge is -2.31. The van der Waals surface area contributed by atoms with Crippen LogP contribution in [-0.2, 0) is 19.1 Å². The normalized spacial score (nSPS) is 19.3. The number of pyridine rings is 1. The number of cyclic esters (lactones) is 2. The lowest BCUT2D eigenvalue weighted by molar-refractivity contribution is -0.235. The third-order valence-electron chi connectivity index (χ3n) is 2.27. The summed E-state index contributed by atoms with van der Waals surface area (Å²) in [7, 11) is 0. The average molecular weight is 327 g/mol. The molecule has 0 aromatic carbocycles. The van der Waals surface area contributed by atoms with Gasteiger partial charge in [-0.25, -0.2) is 9.98 Å². The van der Waals surface area contributed by atoms with E-state index in [4.69, 9.17) is 9.47 Å². The van der Waals surface area contributed by atoms with Gasteiger partial charge in [0.05, 0.1) is 0 Å². The molecule has 0 saturated carbocycles. The Bertz CT molecular complexity index is 519. The van der Waals surface area contributed by atoms with Crippen LogP contribution in [0.25, 0.3) is 0 Å². The number of carbonyl (C=O) groups excluding carboxylic acids is 2. The maximum absolute atomic E-state index is 11.7. The Kier molecular flexibility index (Phi) is 3.66. The summed E-state index contributed by atoms with van der Waals surface area (Å²) < 4.78 is 10.7. The second-order valence-corrected chi connectivity index (χ2v) is 5.25. The minimum absolute atomic E-state index is 0.383. The van der Waals surface area contributed by atoms with Crippen molar-refractivity contribution in [2.45, 2.75) is 19.6 Å². The molecule has 1 aromatic heterocycles. The first-order valence-electron chi connectivity index (χ1n) is 5.49. The van der Waals surface area contributed by atoms with Gasteiger partial charge in [-0.1, -0.05) is 0 Å². The van der Waals surface area contributed by atoms with Gasteiger partial charge in [-0.2, -0.15) is 0 Å². The van der Waals surface area contributed by atoms with Crippen molar-refractivity contribution in [2.75, 3.05) is 0 Å². The zero-order valence-corrected chi connectivity index (χ0v) is 11.9. The Morgan fingerprint density at radius 1 is 1.32 bits per heavy atom. The van der Waals surface area contributed by atoms with Crippen LogP contribution in [0.15, 0.2) is 27.8 Å². The Morgan fingerprint density at radius 3 is 2.47 bits per heavy atom. The predicted octanol–water partition coefficient (Wildman–Crippen LogP) is 2.00. The van der Waals surface area contributed by atoms with Crippen molar-refractivity contribution >= 4 is 39.9 Å². The summed E-state index contributed by atoms with van der Waals surface area (Å²) in [5.41, 5.74) is 0. The van der Waals surface area contributed by atoms with Gasteiger partial charge < -0.3 is 9.47 Å². The van der Waals surface area contributed by atoms with Crippen LogP contribution in [0, 0.1) is 5.92 Å². The van der Waals surface area contributed by atoms with E-state index < -0.39 is 23.6 Å². The summed E-state index contributed by atoms with van der Waals surface area (Å²) in [5, 5.41) is 0. The molecule has 0 bridgehead atoms. The highest BCUT2D eigenvalue weighted by atomic mass is 79.9. The minimum atomic E-state index is -1.23. The van der Waals surface area contributed by atoms with Crippen LogP contribution in [0.1, 0.15) is 13.8 Å². The Hall–Kier alpha value is -1.76. The molecule has 0 atom stereocenters. The van der Waals surface area contributed by atoms with E-state index in [0.717, 1.165) is 4.47 Å². The highest BCUT2D eigenvalue weighted by Gasteiger charge is 2.42. The van der Waals surface area contributed by atoms with Crippen molar-refractivity contribution in [3.63, 3.8) is 0 Å². The summed E-state index contributed by atoms with van der Waals surface area (Å²) >= 11 is 3.24. The maximum atomic E-state index is 11.7. The fourth-order valence-electron chi connectivity index (χ4n) is 1.45. The van der Waals surface area contributed by atoms with Crippen LogP contribution in [0.3, 0.4) is 0 Å². The number of halogens is 1.